The van der Waals surface area contributed by atoms with Crippen LogP contribution in [0.2, 0.25) is 0 Å². The van der Waals surface area contributed by atoms with Crippen LogP contribution in [0.1, 0.15) is 22.3 Å². The van der Waals surface area contributed by atoms with Crippen LogP contribution in [0.4, 0.5) is 5.69 Å². The summed E-state index contributed by atoms with van der Waals surface area (Å²) in [4.78, 5) is 25.4. The number of hydrogen-bond acceptors (Lipinski definition) is 5. The fraction of sp³-hybridized carbons (Fsp3) is 0.0667. The second-order valence-electron chi connectivity index (χ2n) is 8.06. The third kappa shape index (κ3) is 5.04. The highest BCUT2D eigenvalue weighted by atomic mass is 16.5. The molecule has 180 valence electrons. The van der Waals surface area contributed by atoms with Crippen LogP contribution in [-0.4, -0.2) is 29.0 Å². The van der Waals surface area contributed by atoms with Crippen molar-refractivity contribution >= 4 is 23.1 Å². The van der Waals surface area contributed by atoms with E-state index in [0.717, 1.165) is 6.08 Å². The first-order chi connectivity index (χ1) is 17.4. The van der Waals surface area contributed by atoms with Gasteiger partial charge in [-0.1, -0.05) is 78.9 Å². The van der Waals surface area contributed by atoms with Crippen molar-refractivity contribution in [3.05, 3.63) is 138 Å². The summed E-state index contributed by atoms with van der Waals surface area (Å²) < 4.78 is 5.08. The molecule has 1 amide bonds. The van der Waals surface area contributed by atoms with E-state index in [4.69, 9.17) is 4.74 Å². The minimum absolute atomic E-state index is 0.267. The van der Waals surface area contributed by atoms with Crippen LogP contribution in [0.5, 0.6) is 5.75 Å². The van der Waals surface area contributed by atoms with Crippen molar-refractivity contribution in [1.82, 2.24) is 0 Å². The van der Waals surface area contributed by atoms with Crippen molar-refractivity contribution in [3.8, 4) is 5.75 Å². The number of aliphatic hydroxyl groups is 2. The van der Waals surface area contributed by atoms with Gasteiger partial charge in [-0.2, -0.15) is 0 Å². The van der Waals surface area contributed by atoms with Gasteiger partial charge in [0, 0.05) is 22.9 Å². The molecule has 0 spiro atoms. The zero-order valence-corrected chi connectivity index (χ0v) is 19.6. The average molecular weight is 480 g/mol. The Labute approximate surface area is 209 Å². The van der Waals surface area contributed by atoms with Crippen molar-refractivity contribution < 1.29 is 24.5 Å². The summed E-state index contributed by atoms with van der Waals surface area (Å²) in [6.07, 6.45) is 0.861. The van der Waals surface area contributed by atoms with E-state index in [0.29, 0.717) is 28.0 Å². The van der Waals surface area contributed by atoms with Gasteiger partial charge in [-0.25, -0.2) is 0 Å². The molecule has 0 atom stereocenters. The summed E-state index contributed by atoms with van der Waals surface area (Å²) in [5.74, 6) is -1.65. The molecule has 4 aromatic carbocycles. The predicted octanol–water partition coefficient (Wildman–Crippen LogP) is 5.09. The molecule has 0 aliphatic carbocycles. The largest absolute Gasteiger partial charge is 0.507 e. The molecule has 4 rings (SSSR count). The zero-order valence-electron chi connectivity index (χ0n) is 19.6. The van der Waals surface area contributed by atoms with Gasteiger partial charge >= 0.3 is 0 Å². The quantitative estimate of drug-likeness (QED) is 0.142. The minimum atomic E-state index is -1.60. The molecule has 0 aliphatic heterocycles. The van der Waals surface area contributed by atoms with E-state index < -0.39 is 17.3 Å². The molecule has 0 heterocycles. The number of aliphatic hydroxyl groups excluding tert-OH is 1. The normalized spacial score (nSPS) is 11.6. The Morgan fingerprint density at radius 3 is 1.86 bits per heavy atom. The SMILES string of the molecule is COc1ccc(/C(O)=C\C(=O)C(=O)Nc2ccccc2C(O)(c2ccccc2)c2ccccc2)cc1. The number of rotatable bonds is 8. The van der Waals surface area contributed by atoms with Gasteiger partial charge in [0.05, 0.1) is 7.11 Å². The Morgan fingerprint density at radius 2 is 1.31 bits per heavy atom. The first-order valence-corrected chi connectivity index (χ1v) is 11.3. The van der Waals surface area contributed by atoms with Gasteiger partial charge in [0.1, 0.15) is 17.1 Å². The van der Waals surface area contributed by atoms with E-state index >= 15 is 0 Å². The number of anilines is 1. The van der Waals surface area contributed by atoms with E-state index in [1.54, 1.807) is 72.8 Å². The third-order valence-electron chi connectivity index (χ3n) is 5.83. The first-order valence-electron chi connectivity index (χ1n) is 11.3. The van der Waals surface area contributed by atoms with Crippen molar-refractivity contribution in [1.29, 1.82) is 0 Å². The van der Waals surface area contributed by atoms with Gasteiger partial charge in [-0.3, -0.25) is 9.59 Å². The Kier molecular flexibility index (Phi) is 7.28. The summed E-state index contributed by atoms with van der Waals surface area (Å²) in [7, 11) is 1.52. The molecule has 0 unspecified atom stereocenters. The summed E-state index contributed by atoms with van der Waals surface area (Å²) in [5, 5.41) is 25.0. The number of hydrogen-bond donors (Lipinski definition) is 3. The molecular formula is C30H25NO5. The lowest BCUT2D eigenvalue weighted by molar-refractivity contribution is -0.132. The lowest BCUT2D eigenvalue weighted by Crippen LogP contribution is -2.31. The van der Waals surface area contributed by atoms with Gasteiger partial charge in [0.15, 0.2) is 0 Å². The Balaban J connectivity index is 1.67. The third-order valence-corrected chi connectivity index (χ3v) is 5.83. The summed E-state index contributed by atoms with van der Waals surface area (Å²) in [5.41, 5.74) is 0.619. The second kappa shape index (κ2) is 10.7. The molecule has 0 fully saturated rings. The lowest BCUT2D eigenvalue weighted by Gasteiger charge is -2.31. The number of methoxy groups -OCH3 is 1. The highest BCUT2D eigenvalue weighted by Gasteiger charge is 2.36. The molecule has 0 radical (unpaired) electrons. The van der Waals surface area contributed by atoms with Crippen molar-refractivity contribution in [2.24, 2.45) is 0 Å². The molecule has 0 bridgehead atoms. The maximum Gasteiger partial charge on any atom is 0.296 e. The number of carbonyl (C=O) groups is 2. The summed E-state index contributed by atoms with van der Waals surface area (Å²) in [6.45, 7) is 0. The fourth-order valence-electron chi connectivity index (χ4n) is 3.96. The van der Waals surface area contributed by atoms with Crippen LogP contribution >= 0.6 is 0 Å². The van der Waals surface area contributed by atoms with E-state index in [-0.39, 0.29) is 11.4 Å². The van der Waals surface area contributed by atoms with E-state index in [1.807, 2.05) is 36.4 Å². The molecule has 0 saturated heterocycles. The lowest BCUT2D eigenvalue weighted by atomic mass is 9.79. The maximum atomic E-state index is 12.8. The van der Waals surface area contributed by atoms with E-state index in [9.17, 15) is 19.8 Å². The Hall–Kier alpha value is -4.68. The number of nitrogens with one attached hydrogen (secondary N) is 1. The van der Waals surface area contributed by atoms with Crippen LogP contribution in [0.3, 0.4) is 0 Å². The monoisotopic (exact) mass is 479 g/mol. The number of amides is 1. The van der Waals surface area contributed by atoms with Crippen LogP contribution in [0.15, 0.2) is 115 Å². The smallest absolute Gasteiger partial charge is 0.296 e. The molecular weight excluding hydrogens is 454 g/mol. The van der Waals surface area contributed by atoms with Crippen LogP contribution in [-0.2, 0) is 15.2 Å². The summed E-state index contributed by atoms with van der Waals surface area (Å²) >= 11 is 0. The minimum Gasteiger partial charge on any atom is -0.507 e. The van der Waals surface area contributed by atoms with Gasteiger partial charge in [0.2, 0.25) is 5.78 Å². The zero-order chi connectivity index (χ0) is 25.5. The molecule has 0 aliphatic rings. The van der Waals surface area contributed by atoms with Crippen molar-refractivity contribution in [2.75, 3.05) is 12.4 Å². The number of ketones is 1. The number of benzene rings is 4. The number of ether oxygens (including phenoxy) is 1. The van der Waals surface area contributed by atoms with Crippen LogP contribution < -0.4 is 10.1 Å². The van der Waals surface area contributed by atoms with E-state index in [2.05, 4.69) is 5.32 Å². The van der Waals surface area contributed by atoms with Gasteiger partial charge in [-0.05, 0) is 41.5 Å². The number of carbonyl (C=O) groups excluding carboxylic acids is 2. The second-order valence-corrected chi connectivity index (χ2v) is 8.06. The van der Waals surface area contributed by atoms with Gasteiger partial charge in [0.25, 0.3) is 5.91 Å². The predicted molar refractivity (Wildman–Crippen MR) is 139 cm³/mol. The van der Waals surface area contributed by atoms with Crippen molar-refractivity contribution in [3.63, 3.8) is 0 Å². The van der Waals surface area contributed by atoms with Crippen LogP contribution in [0, 0.1) is 0 Å². The molecule has 36 heavy (non-hydrogen) atoms. The summed E-state index contributed by atoms with van der Waals surface area (Å²) in [6, 6.07) is 31.4. The Morgan fingerprint density at radius 1 is 0.778 bits per heavy atom. The van der Waals surface area contributed by atoms with Gasteiger partial charge < -0.3 is 20.3 Å². The molecule has 4 aromatic rings. The molecule has 6 nitrogen and oxygen atoms in total. The number of para-hydroxylation sites is 1. The topological polar surface area (TPSA) is 95.9 Å². The van der Waals surface area contributed by atoms with Gasteiger partial charge in [-0.15, -0.1) is 0 Å². The first kappa shape index (κ1) is 24.4. The van der Waals surface area contributed by atoms with Crippen LogP contribution in [0.25, 0.3) is 5.76 Å². The molecule has 0 saturated carbocycles. The van der Waals surface area contributed by atoms with E-state index in [1.165, 1.54) is 7.11 Å². The highest BCUT2D eigenvalue weighted by Crippen LogP contribution is 2.40. The fourth-order valence-corrected chi connectivity index (χ4v) is 3.96. The Bertz CT molecular complexity index is 1340. The standard InChI is InChI=1S/C30H25NO5/c1-36-24-18-16-21(17-19-24)27(32)20-28(33)29(34)31-26-15-9-8-14-25(26)30(35,22-10-4-2-5-11-22)23-12-6-3-7-13-23/h2-20,32,35H,1H3,(H,31,34)/b27-20+. The molecule has 3 N–H and O–H groups in total. The maximum absolute atomic E-state index is 12.8. The molecule has 0 aromatic heterocycles. The van der Waals surface area contributed by atoms with Crippen molar-refractivity contribution in [2.45, 2.75) is 5.60 Å². The molecule has 6 heteroatoms. The average Bonchev–Trinajstić information content (AvgIpc) is 2.93. The highest BCUT2D eigenvalue weighted by molar-refractivity contribution is 6.45.